The molecule has 0 unspecified atom stereocenters. The van der Waals surface area contributed by atoms with E-state index in [0.29, 0.717) is 17.5 Å². The lowest BCUT2D eigenvalue weighted by Crippen LogP contribution is -2.00. The van der Waals surface area contributed by atoms with Crippen LogP contribution in [0.4, 0.5) is 0 Å². The molecule has 0 atom stereocenters. The summed E-state index contributed by atoms with van der Waals surface area (Å²) >= 11 is 0. The summed E-state index contributed by atoms with van der Waals surface area (Å²) < 4.78 is 12.3. The van der Waals surface area contributed by atoms with Crippen LogP contribution < -0.4 is 0 Å². The van der Waals surface area contributed by atoms with Crippen LogP contribution in [0.2, 0.25) is 0 Å². The topological polar surface area (TPSA) is 77.8 Å². The fourth-order valence-electron chi connectivity index (χ4n) is 6.82. The zero-order valence-corrected chi connectivity index (χ0v) is 25.5. The van der Waals surface area contributed by atoms with Crippen molar-refractivity contribution in [3.8, 4) is 45.3 Å². The van der Waals surface area contributed by atoms with Crippen LogP contribution >= 0.6 is 0 Å². The Morgan fingerprint density at radius 1 is 0.396 bits per heavy atom. The minimum atomic E-state index is 0.593. The maximum Gasteiger partial charge on any atom is 0.164 e. The lowest BCUT2D eigenvalue weighted by molar-refractivity contribution is 0.668. The second-order valence-electron chi connectivity index (χ2n) is 11.8. The SMILES string of the molecule is c1ccc(-c2nc(-c3cccc4cc(-c5cccc6oc7cccnc7c56)ccc34)nc(-c3cccc4oc5ccccc5c34)n2)cc1. The molecule has 0 radical (unpaired) electrons. The van der Waals surface area contributed by atoms with Crippen molar-refractivity contribution in [3.05, 3.63) is 146 Å². The molecule has 6 aromatic carbocycles. The molecule has 0 saturated heterocycles. The third-order valence-corrected chi connectivity index (χ3v) is 9.00. The Hall–Kier alpha value is -6.66. The Morgan fingerprint density at radius 3 is 1.96 bits per heavy atom. The number of pyridine rings is 1. The highest BCUT2D eigenvalue weighted by molar-refractivity contribution is 6.13. The predicted molar refractivity (Wildman–Crippen MR) is 191 cm³/mol. The average Bonchev–Trinajstić information content (AvgIpc) is 3.73. The summed E-state index contributed by atoms with van der Waals surface area (Å²) in [6.07, 6.45) is 1.81. The number of aromatic nitrogens is 4. The summed E-state index contributed by atoms with van der Waals surface area (Å²) in [4.78, 5) is 19.9. The number of fused-ring (bicyclic) bond motifs is 7. The van der Waals surface area contributed by atoms with Crippen molar-refractivity contribution >= 4 is 54.8 Å². The molecule has 4 aromatic heterocycles. The van der Waals surface area contributed by atoms with Gasteiger partial charge in [-0.25, -0.2) is 15.0 Å². The molecule has 0 spiro atoms. The number of hydrogen-bond acceptors (Lipinski definition) is 6. The first-order chi connectivity index (χ1) is 23.8. The van der Waals surface area contributed by atoms with Gasteiger partial charge in [-0.2, -0.15) is 0 Å². The molecule has 0 aliphatic rings. The first kappa shape index (κ1) is 26.5. The molecule has 0 saturated carbocycles. The van der Waals surface area contributed by atoms with Crippen LogP contribution in [-0.4, -0.2) is 19.9 Å². The zero-order chi connectivity index (χ0) is 31.6. The van der Waals surface area contributed by atoms with Crippen LogP contribution in [0.3, 0.4) is 0 Å². The number of nitrogens with zero attached hydrogens (tertiary/aromatic N) is 4. The highest BCUT2D eigenvalue weighted by Gasteiger charge is 2.19. The van der Waals surface area contributed by atoms with Gasteiger partial charge in [-0.3, -0.25) is 4.98 Å². The molecule has 0 bridgehead atoms. The highest BCUT2D eigenvalue weighted by atomic mass is 16.3. The van der Waals surface area contributed by atoms with Gasteiger partial charge in [-0.1, -0.05) is 103 Å². The zero-order valence-electron chi connectivity index (χ0n) is 25.5. The summed E-state index contributed by atoms with van der Waals surface area (Å²) in [6.45, 7) is 0. The molecule has 224 valence electrons. The smallest absolute Gasteiger partial charge is 0.164 e. The summed E-state index contributed by atoms with van der Waals surface area (Å²) in [6, 6.07) is 47.0. The van der Waals surface area contributed by atoms with Gasteiger partial charge in [0, 0.05) is 33.7 Å². The maximum absolute atomic E-state index is 6.21. The van der Waals surface area contributed by atoms with Gasteiger partial charge >= 0.3 is 0 Å². The molecule has 6 nitrogen and oxygen atoms in total. The van der Waals surface area contributed by atoms with Crippen molar-refractivity contribution in [2.45, 2.75) is 0 Å². The fraction of sp³-hybridized carbons (Fsp3) is 0. The van der Waals surface area contributed by atoms with Gasteiger partial charge in [0.1, 0.15) is 22.3 Å². The van der Waals surface area contributed by atoms with E-state index in [0.717, 1.165) is 82.6 Å². The van der Waals surface area contributed by atoms with Gasteiger partial charge < -0.3 is 8.83 Å². The van der Waals surface area contributed by atoms with Gasteiger partial charge in [0.15, 0.2) is 23.1 Å². The largest absolute Gasteiger partial charge is 0.456 e. The monoisotopic (exact) mass is 616 g/mol. The number of benzene rings is 6. The summed E-state index contributed by atoms with van der Waals surface area (Å²) in [5, 5.41) is 5.15. The number of furan rings is 2. The molecule has 0 fully saturated rings. The van der Waals surface area contributed by atoms with E-state index < -0.39 is 0 Å². The Labute approximate surface area is 274 Å². The normalized spacial score (nSPS) is 11.8. The van der Waals surface area contributed by atoms with E-state index in [9.17, 15) is 0 Å². The van der Waals surface area contributed by atoms with E-state index in [1.807, 2.05) is 91.1 Å². The van der Waals surface area contributed by atoms with Crippen LogP contribution in [0.5, 0.6) is 0 Å². The molecule has 0 aliphatic carbocycles. The van der Waals surface area contributed by atoms with Crippen LogP contribution in [0.25, 0.3) is 100 Å². The third-order valence-electron chi connectivity index (χ3n) is 9.00. The standard InChI is InChI=1S/C42H24N4O2/c1-2-10-25(11-3-1)40-44-41(46-42(45-40)32-16-8-18-34-37(32)31-13-4-5-17-33(31)47-34)30-15-6-12-26-24-27(21-22-28(26)30)29-14-7-19-35-38(29)39-36(48-35)20-9-23-43-39/h1-24H. The van der Waals surface area contributed by atoms with Gasteiger partial charge in [-0.15, -0.1) is 0 Å². The summed E-state index contributed by atoms with van der Waals surface area (Å²) in [5.74, 6) is 1.81. The lowest BCUT2D eigenvalue weighted by Gasteiger charge is -2.12. The van der Waals surface area contributed by atoms with Gasteiger partial charge in [-0.05, 0) is 58.3 Å². The maximum atomic E-state index is 6.21. The second kappa shape index (κ2) is 10.4. The van der Waals surface area contributed by atoms with Gasteiger partial charge in [0.2, 0.25) is 0 Å². The lowest BCUT2D eigenvalue weighted by atomic mass is 9.96. The molecule has 0 amide bonds. The predicted octanol–water partition coefficient (Wildman–Crippen LogP) is 10.9. The van der Waals surface area contributed by atoms with Crippen molar-refractivity contribution in [2.24, 2.45) is 0 Å². The fourth-order valence-corrected chi connectivity index (χ4v) is 6.82. The average molecular weight is 617 g/mol. The van der Waals surface area contributed by atoms with E-state index >= 15 is 0 Å². The van der Waals surface area contributed by atoms with Crippen molar-refractivity contribution in [3.63, 3.8) is 0 Å². The number of rotatable bonds is 4. The van der Waals surface area contributed by atoms with E-state index in [1.165, 1.54) is 0 Å². The first-order valence-electron chi connectivity index (χ1n) is 15.8. The second-order valence-corrected chi connectivity index (χ2v) is 11.8. The molecule has 0 aliphatic heterocycles. The Morgan fingerprint density at radius 2 is 1.06 bits per heavy atom. The van der Waals surface area contributed by atoms with Crippen LogP contribution in [0.15, 0.2) is 155 Å². The van der Waals surface area contributed by atoms with E-state index in [4.69, 9.17) is 23.8 Å². The van der Waals surface area contributed by atoms with E-state index in [2.05, 4.69) is 59.6 Å². The Bertz CT molecular complexity index is 2850. The first-order valence-corrected chi connectivity index (χ1v) is 15.8. The highest BCUT2D eigenvalue weighted by Crippen LogP contribution is 2.39. The van der Waals surface area contributed by atoms with Crippen molar-refractivity contribution in [1.82, 2.24) is 19.9 Å². The summed E-state index contributed by atoms with van der Waals surface area (Å²) in [7, 11) is 0. The number of para-hydroxylation sites is 1. The number of hydrogen-bond donors (Lipinski definition) is 0. The van der Waals surface area contributed by atoms with E-state index in [-0.39, 0.29) is 0 Å². The van der Waals surface area contributed by atoms with Crippen LogP contribution in [-0.2, 0) is 0 Å². The Kier molecular flexibility index (Phi) is 5.77. The molecule has 10 rings (SSSR count). The summed E-state index contributed by atoms with van der Waals surface area (Å²) in [5.41, 5.74) is 9.00. The molecule has 0 N–H and O–H groups in total. The van der Waals surface area contributed by atoms with Gasteiger partial charge in [0.05, 0.1) is 5.39 Å². The molecule has 4 heterocycles. The van der Waals surface area contributed by atoms with Crippen LogP contribution in [0.1, 0.15) is 0 Å². The quantitative estimate of drug-likeness (QED) is 0.196. The minimum absolute atomic E-state index is 0.593. The molecular weight excluding hydrogens is 592 g/mol. The third kappa shape index (κ3) is 4.13. The van der Waals surface area contributed by atoms with Crippen molar-refractivity contribution in [2.75, 3.05) is 0 Å². The Balaban J connectivity index is 1.18. The minimum Gasteiger partial charge on any atom is -0.456 e. The molecule has 48 heavy (non-hydrogen) atoms. The van der Waals surface area contributed by atoms with Crippen molar-refractivity contribution < 1.29 is 8.83 Å². The van der Waals surface area contributed by atoms with Gasteiger partial charge in [0.25, 0.3) is 0 Å². The molecular formula is C42H24N4O2. The molecule has 6 heteroatoms. The van der Waals surface area contributed by atoms with Crippen molar-refractivity contribution in [1.29, 1.82) is 0 Å². The van der Waals surface area contributed by atoms with Crippen LogP contribution in [0, 0.1) is 0 Å². The van der Waals surface area contributed by atoms with E-state index in [1.54, 1.807) is 0 Å². The molecule has 10 aromatic rings.